The van der Waals surface area contributed by atoms with E-state index < -0.39 is 0 Å². The zero-order valence-electron chi connectivity index (χ0n) is 9.32. The Morgan fingerprint density at radius 3 is 2.94 bits per heavy atom. The third-order valence-electron chi connectivity index (χ3n) is 3.19. The Labute approximate surface area is 95.5 Å². The first-order valence-electron chi connectivity index (χ1n) is 5.91. The molecule has 0 unspecified atom stereocenters. The van der Waals surface area contributed by atoms with Gasteiger partial charge in [-0.05, 0) is 49.9 Å². The number of aliphatic hydroxyl groups is 1. The molecule has 1 aromatic rings. The maximum Gasteiger partial charge on any atom is 0.123 e. The Morgan fingerprint density at radius 1 is 1.38 bits per heavy atom. The second-order valence-electron chi connectivity index (χ2n) is 4.44. The number of nitrogens with one attached hydrogen (secondary N) is 1. The van der Waals surface area contributed by atoms with Gasteiger partial charge < -0.3 is 10.4 Å². The molecule has 0 saturated heterocycles. The van der Waals surface area contributed by atoms with E-state index in [4.69, 9.17) is 0 Å². The van der Waals surface area contributed by atoms with Gasteiger partial charge in [-0.2, -0.15) is 0 Å². The Morgan fingerprint density at radius 2 is 2.25 bits per heavy atom. The molecule has 1 saturated carbocycles. The summed E-state index contributed by atoms with van der Waals surface area (Å²) in [6.45, 7) is 0.797. The summed E-state index contributed by atoms with van der Waals surface area (Å²) in [6.07, 6.45) is 3.65. The summed E-state index contributed by atoms with van der Waals surface area (Å²) >= 11 is 0. The Bertz CT molecular complexity index is 342. The fourth-order valence-electron chi connectivity index (χ4n) is 2.27. The van der Waals surface area contributed by atoms with E-state index in [1.165, 1.54) is 6.07 Å². The number of halogens is 1. The van der Waals surface area contributed by atoms with Crippen molar-refractivity contribution in [3.63, 3.8) is 0 Å². The van der Waals surface area contributed by atoms with E-state index in [0.717, 1.165) is 37.8 Å². The maximum atomic E-state index is 12.9. The van der Waals surface area contributed by atoms with E-state index >= 15 is 0 Å². The smallest absolute Gasteiger partial charge is 0.123 e. The van der Waals surface area contributed by atoms with Crippen LogP contribution in [0.15, 0.2) is 24.3 Å². The standard InChI is InChI=1S/C13H18FNO/c14-11-4-1-3-10(9-11)7-8-15-12-5-2-6-13(12)16/h1,3-4,9,12-13,15-16H,2,5-8H2/t12-,13-/m1/s1. The molecule has 1 aromatic carbocycles. The van der Waals surface area contributed by atoms with Crippen molar-refractivity contribution in [1.29, 1.82) is 0 Å². The van der Waals surface area contributed by atoms with Gasteiger partial charge in [0.25, 0.3) is 0 Å². The Hall–Kier alpha value is -0.930. The zero-order valence-corrected chi connectivity index (χ0v) is 9.32. The van der Waals surface area contributed by atoms with E-state index in [0.29, 0.717) is 0 Å². The van der Waals surface area contributed by atoms with Crippen molar-refractivity contribution in [2.24, 2.45) is 0 Å². The van der Waals surface area contributed by atoms with Crippen LogP contribution >= 0.6 is 0 Å². The van der Waals surface area contributed by atoms with Gasteiger partial charge in [0.05, 0.1) is 6.10 Å². The highest BCUT2D eigenvalue weighted by Gasteiger charge is 2.23. The monoisotopic (exact) mass is 223 g/mol. The molecular formula is C13H18FNO. The highest BCUT2D eigenvalue weighted by molar-refractivity contribution is 5.16. The molecule has 1 aliphatic carbocycles. The van der Waals surface area contributed by atoms with Gasteiger partial charge in [-0.25, -0.2) is 4.39 Å². The number of hydrogen-bond donors (Lipinski definition) is 2. The first kappa shape index (κ1) is 11.6. The highest BCUT2D eigenvalue weighted by atomic mass is 19.1. The summed E-state index contributed by atoms with van der Waals surface area (Å²) in [5.41, 5.74) is 1.000. The molecule has 16 heavy (non-hydrogen) atoms. The quantitative estimate of drug-likeness (QED) is 0.816. The molecular weight excluding hydrogens is 205 g/mol. The maximum absolute atomic E-state index is 12.9. The molecule has 0 heterocycles. The first-order valence-corrected chi connectivity index (χ1v) is 5.91. The van der Waals surface area contributed by atoms with Crippen molar-refractivity contribution in [3.05, 3.63) is 35.6 Å². The van der Waals surface area contributed by atoms with Crippen LogP contribution < -0.4 is 5.32 Å². The van der Waals surface area contributed by atoms with Crippen LogP contribution in [0.5, 0.6) is 0 Å². The molecule has 88 valence electrons. The summed E-state index contributed by atoms with van der Waals surface area (Å²) in [4.78, 5) is 0. The van der Waals surface area contributed by atoms with Crippen LogP contribution in [-0.4, -0.2) is 23.8 Å². The Kier molecular flexibility index (Phi) is 3.91. The van der Waals surface area contributed by atoms with Crippen LogP contribution in [0.2, 0.25) is 0 Å². The van der Waals surface area contributed by atoms with Gasteiger partial charge in [0.2, 0.25) is 0 Å². The average molecular weight is 223 g/mol. The molecule has 0 radical (unpaired) electrons. The number of aliphatic hydroxyl groups excluding tert-OH is 1. The molecule has 0 aromatic heterocycles. The van der Waals surface area contributed by atoms with Gasteiger partial charge in [-0.1, -0.05) is 12.1 Å². The second kappa shape index (κ2) is 5.41. The summed E-state index contributed by atoms with van der Waals surface area (Å²) in [5, 5.41) is 12.9. The Balaban J connectivity index is 1.75. The molecule has 2 nitrogen and oxygen atoms in total. The molecule has 2 rings (SSSR count). The zero-order chi connectivity index (χ0) is 11.4. The van der Waals surface area contributed by atoms with Crippen molar-refractivity contribution in [2.75, 3.05) is 6.54 Å². The third-order valence-corrected chi connectivity index (χ3v) is 3.19. The van der Waals surface area contributed by atoms with Gasteiger partial charge >= 0.3 is 0 Å². The molecule has 0 amide bonds. The first-order chi connectivity index (χ1) is 7.75. The SMILES string of the molecule is O[C@@H]1CCC[C@H]1NCCc1cccc(F)c1. The molecule has 0 bridgehead atoms. The van der Waals surface area contributed by atoms with E-state index in [9.17, 15) is 9.50 Å². The minimum absolute atomic E-state index is 0.182. The fourth-order valence-corrected chi connectivity index (χ4v) is 2.27. The fraction of sp³-hybridized carbons (Fsp3) is 0.538. The average Bonchev–Trinajstić information content (AvgIpc) is 2.65. The predicted molar refractivity (Wildman–Crippen MR) is 61.8 cm³/mol. The van der Waals surface area contributed by atoms with Gasteiger partial charge in [0.15, 0.2) is 0 Å². The van der Waals surface area contributed by atoms with Gasteiger partial charge in [0.1, 0.15) is 5.82 Å². The summed E-state index contributed by atoms with van der Waals surface area (Å²) < 4.78 is 12.9. The van der Waals surface area contributed by atoms with Crippen molar-refractivity contribution in [3.8, 4) is 0 Å². The van der Waals surface area contributed by atoms with E-state index in [2.05, 4.69) is 5.32 Å². The van der Waals surface area contributed by atoms with Crippen LogP contribution in [0, 0.1) is 5.82 Å². The lowest BCUT2D eigenvalue weighted by Gasteiger charge is -2.16. The van der Waals surface area contributed by atoms with Crippen LogP contribution in [-0.2, 0) is 6.42 Å². The number of hydrogen-bond acceptors (Lipinski definition) is 2. The van der Waals surface area contributed by atoms with Crippen LogP contribution in [0.1, 0.15) is 24.8 Å². The van der Waals surface area contributed by atoms with Gasteiger partial charge in [-0.15, -0.1) is 0 Å². The van der Waals surface area contributed by atoms with Gasteiger partial charge in [0, 0.05) is 6.04 Å². The van der Waals surface area contributed by atoms with Gasteiger partial charge in [-0.3, -0.25) is 0 Å². The largest absolute Gasteiger partial charge is 0.392 e. The number of rotatable bonds is 4. The molecule has 1 fully saturated rings. The van der Waals surface area contributed by atoms with E-state index in [1.54, 1.807) is 12.1 Å². The summed E-state index contributed by atoms with van der Waals surface area (Å²) in [5.74, 6) is -0.182. The minimum Gasteiger partial charge on any atom is -0.392 e. The highest BCUT2D eigenvalue weighted by Crippen LogP contribution is 2.18. The molecule has 0 aliphatic heterocycles. The molecule has 3 heteroatoms. The molecule has 2 atom stereocenters. The molecule has 0 spiro atoms. The number of benzene rings is 1. The lowest BCUT2D eigenvalue weighted by molar-refractivity contribution is 0.149. The van der Waals surface area contributed by atoms with E-state index in [1.807, 2.05) is 6.07 Å². The second-order valence-corrected chi connectivity index (χ2v) is 4.44. The summed E-state index contributed by atoms with van der Waals surface area (Å²) in [6, 6.07) is 6.91. The third kappa shape index (κ3) is 3.03. The van der Waals surface area contributed by atoms with Crippen molar-refractivity contribution in [2.45, 2.75) is 37.8 Å². The topological polar surface area (TPSA) is 32.3 Å². The van der Waals surface area contributed by atoms with E-state index in [-0.39, 0.29) is 18.0 Å². The normalized spacial score (nSPS) is 24.9. The van der Waals surface area contributed by atoms with Crippen molar-refractivity contribution < 1.29 is 9.50 Å². The van der Waals surface area contributed by atoms with Crippen LogP contribution in [0.25, 0.3) is 0 Å². The molecule has 2 N–H and O–H groups in total. The van der Waals surface area contributed by atoms with Crippen molar-refractivity contribution in [1.82, 2.24) is 5.32 Å². The summed E-state index contributed by atoms with van der Waals surface area (Å²) in [7, 11) is 0. The van der Waals surface area contributed by atoms with Crippen molar-refractivity contribution >= 4 is 0 Å². The predicted octanol–water partition coefficient (Wildman–Crippen LogP) is 1.87. The van der Waals surface area contributed by atoms with Crippen LogP contribution in [0.4, 0.5) is 4.39 Å². The lowest BCUT2D eigenvalue weighted by atomic mass is 10.1. The lowest BCUT2D eigenvalue weighted by Crippen LogP contribution is -2.36. The molecule has 1 aliphatic rings. The van der Waals surface area contributed by atoms with Crippen LogP contribution in [0.3, 0.4) is 0 Å². The minimum atomic E-state index is -0.201.